The molecule has 0 aliphatic carbocycles. The molecule has 23 heavy (non-hydrogen) atoms. The molecule has 0 radical (unpaired) electrons. The molecule has 0 aliphatic heterocycles. The van der Waals surface area contributed by atoms with E-state index in [1.807, 2.05) is 12.1 Å². The Bertz CT molecular complexity index is 663. The summed E-state index contributed by atoms with van der Waals surface area (Å²) in [5.41, 5.74) is 3.18. The van der Waals surface area contributed by atoms with Crippen LogP contribution in [-0.2, 0) is 4.79 Å². The first kappa shape index (κ1) is 16.9. The first-order chi connectivity index (χ1) is 11.0. The molecule has 4 heteroatoms. The highest BCUT2D eigenvalue weighted by Gasteiger charge is 2.07. The first-order valence-electron chi connectivity index (χ1n) is 7.67. The predicted molar refractivity (Wildman–Crippen MR) is 92.4 cm³/mol. The smallest absolute Gasteiger partial charge is 0.262 e. The lowest BCUT2D eigenvalue weighted by Gasteiger charge is -2.12. The molecule has 0 unspecified atom stereocenters. The Morgan fingerprint density at radius 2 is 1.74 bits per heavy atom. The highest BCUT2D eigenvalue weighted by atomic mass is 16.5. The maximum absolute atomic E-state index is 11.9. The normalized spacial score (nSPS) is 10.5. The third-order valence-corrected chi connectivity index (χ3v) is 3.61. The molecule has 0 aliphatic rings. The third kappa shape index (κ3) is 4.74. The summed E-state index contributed by atoms with van der Waals surface area (Å²) in [5, 5.41) is 2.79. The molecule has 0 aromatic heterocycles. The number of rotatable bonds is 6. The van der Waals surface area contributed by atoms with E-state index in [-0.39, 0.29) is 12.5 Å². The Morgan fingerprint density at radius 3 is 2.30 bits per heavy atom. The number of aryl methyl sites for hydroxylation is 1. The number of hydrogen-bond acceptors (Lipinski definition) is 3. The number of carbonyl (C=O) groups excluding carboxylic acids is 1. The van der Waals surface area contributed by atoms with Gasteiger partial charge in [0.15, 0.2) is 6.61 Å². The van der Waals surface area contributed by atoms with Crippen molar-refractivity contribution in [1.29, 1.82) is 0 Å². The van der Waals surface area contributed by atoms with Crippen LogP contribution in [0.4, 0.5) is 5.69 Å². The average molecular weight is 313 g/mol. The molecule has 2 aromatic rings. The van der Waals surface area contributed by atoms with E-state index >= 15 is 0 Å². The van der Waals surface area contributed by atoms with Crippen LogP contribution >= 0.6 is 0 Å². The minimum absolute atomic E-state index is 0.0213. The van der Waals surface area contributed by atoms with Gasteiger partial charge in [0.25, 0.3) is 5.91 Å². The van der Waals surface area contributed by atoms with Gasteiger partial charge in [-0.25, -0.2) is 0 Å². The Kier molecular flexibility index (Phi) is 5.63. The maximum Gasteiger partial charge on any atom is 0.262 e. The fourth-order valence-electron chi connectivity index (χ4n) is 2.41. The second-order valence-electron chi connectivity index (χ2n) is 5.74. The van der Waals surface area contributed by atoms with E-state index in [2.05, 4.69) is 32.2 Å². The van der Waals surface area contributed by atoms with Crippen LogP contribution in [0.3, 0.4) is 0 Å². The van der Waals surface area contributed by atoms with Crippen LogP contribution in [0.1, 0.15) is 30.9 Å². The quantitative estimate of drug-likeness (QED) is 0.871. The van der Waals surface area contributed by atoms with E-state index in [0.717, 1.165) is 5.75 Å². The molecule has 0 bridgehead atoms. The van der Waals surface area contributed by atoms with Crippen molar-refractivity contribution in [2.75, 3.05) is 19.0 Å². The number of hydrogen-bond donors (Lipinski definition) is 1. The zero-order valence-corrected chi connectivity index (χ0v) is 14.1. The van der Waals surface area contributed by atoms with Gasteiger partial charge in [0.1, 0.15) is 11.5 Å². The number of ether oxygens (including phenoxy) is 2. The first-order valence-corrected chi connectivity index (χ1v) is 7.67. The fourth-order valence-corrected chi connectivity index (χ4v) is 2.41. The van der Waals surface area contributed by atoms with Crippen molar-refractivity contribution < 1.29 is 14.3 Å². The summed E-state index contributed by atoms with van der Waals surface area (Å²) in [4.78, 5) is 11.9. The van der Waals surface area contributed by atoms with Gasteiger partial charge < -0.3 is 14.8 Å². The summed E-state index contributed by atoms with van der Waals surface area (Å²) >= 11 is 0. The second kappa shape index (κ2) is 7.68. The van der Waals surface area contributed by atoms with Crippen LogP contribution in [0, 0.1) is 6.92 Å². The SMILES string of the molecule is COc1ccc(NC(=O)COc2ccc(C(C)C)c(C)c2)cc1. The summed E-state index contributed by atoms with van der Waals surface area (Å²) < 4.78 is 10.6. The molecule has 0 heterocycles. The van der Waals surface area contributed by atoms with Crippen molar-refractivity contribution in [3.05, 3.63) is 53.6 Å². The van der Waals surface area contributed by atoms with Gasteiger partial charge in [-0.05, 0) is 60.4 Å². The van der Waals surface area contributed by atoms with Gasteiger partial charge in [-0.1, -0.05) is 19.9 Å². The summed E-state index contributed by atoms with van der Waals surface area (Å²) in [6, 6.07) is 13.1. The Balaban J connectivity index is 1.89. The lowest BCUT2D eigenvalue weighted by molar-refractivity contribution is -0.118. The van der Waals surface area contributed by atoms with Crippen molar-refractivity contribution in [1.82, 2.24) is 0 Å². The Labute approximate surface area is 137 Å². The molecule has 4 nitrogen and oxygen atoms in total. The van der Waals surface area contributed by atoms with Gasteiger partial charge in [0.05, 0.1) is 7.11 Å². The van der Waals surface area contributed by atoms with E-state index in [4.69, 9.17) is 9.47 Å². The lowest BCUT2D eigenvalue weighted by atomic mass is 9.98. The molecular formula is C19H23NO3. The minimum Gasteiger partial charge on any atom is -0.497 e. The summed E-state index contributed by atoms with van der Waals surface area (Å²) in [6.07, 6.45) is 0. The molecule has 2 rings (SSSR count). The molecule has 0 spiro atoms. The van der Waals surface area contributed by atoms with Crippen LogP contribution in [0.25, 0.3) is 0 Å². The van der Waals surface area contributed by atoms with Crippen LogP contribution in [-0.4, -0.2) is 19.6 Å². The molecule has 0 saturated carbocycles. The van der Waals surface area contributed by atoms with E-state index < -0.39 is 0 Å². The third-order valence-electron chi connectivity index (χ3n) is 3.61. The van der Waals surface area contributed by atoms with Gasteiger partial charge in [0, 0.05) is 5.69 Å². The number of carbonyl (C=O) groups is 1. The van der Waals surface area contributed by atoms with Crippen molar-refractivity contribution >= 4 is 11.6 Å². The zero-order valence-electron chi connectivity index (χ0n) is 14.1. The van der Waals surface area contributed by atoms with Gasteiger partial charge in [-0.3, -0.25) is 4.79 Å². The zero-order chi connectivity index (χ0) is 16.8. The molecule has 1 amide bonds. The van der Waals surface area contributed by atoms with Crippen molar-refractivity contribution in [2.45, 2.75) is 26.7 Å². The van der Waals surface area contributed by atoms with Gasteiger partial charge >= 0.3 is 0 Å². The molecule has 0 fully saturated rings. The van der Waals surface area contributed by atoms with Gasteiger partial charge in [0.2, 0.25) is 0 Å². The van der Waals surface area contributed by atoms with Gasteiger partial charge in [-0.15, -0.1) is 0 Å². The van der Waals surface area contributed by atoms with Crippen LogP contribution in [0.2, 0.25) is 0 Å². The topological polar surface area (TPSA) is 47.6 Å². The molecule has 122 valence electrons. The molecule has 1 N–H and O–H groups in total. The van der Waals surface area contributed by atoms with E-state index in [1.54, 1.807) is 31.4 Å². The van der Waals surface area contributed by atoms with Gasteiger partial charge in [-0.2, -0.15) is 0 Å². The minimum atomic E-state index is -0.194. The number of anilines is 1. The summed E-state index contributed by atoms with van der Waals surface area (Å²) in [6.45, 7) is 6.35. The highest BCUT2D eigenvalue weighted by Crippen LogP contribution is 2.23. The standard InChI is InChI=1S/C19H23NO3/c1-13(2)18-10-9-17(11-14(18)3)23-12-19(21)20-15-5-7-16(22-4)8-6-15/h5-11,13H,12H2,1-4H3,(H,20,21). The Morgan fingerprint density at radius 1 is 1.09 bits per heavy atom. The van der Waals surface area contributed by atoms with Crippen molar-refractivity contribution in [2.24, 2.45) is 0 Å². The van der Waals surface area contributed by atoms with E-state index in [1.165, 1.54) is 11.1 Å². The molecule has 0 saturated heterocycles. The monoisotopic (exact) mass is 313 g/mol. The Hall–Kier alpha value is -2.49. The predicted octanol–water partition coefficient (Wildman–Crippen LogP) is 4.14. The highest BCUT2D eigenvalue weighted by molar-refractivity contribution is 5.91. The maximum atomic E-state index is 11.9. The molecule has 0 atom stereocenters. The second-order valence-corrected chi connectivity index (χ2v) is 5.74. The van der Waals surface area contributed by atoms with Crippen LogP contribution in [0.15, 0.2) is 42.5 Å². The largest absolute Gasteiger partial charge is 0.497 e. The van der Waals surface area contributed by atoms with E-state index in [0.29, 0.717) is 17.4 Å². The average Bonchev–Trinajstić information content (AvgIpc) is 2.53. The number of methoxy groups -OCH3 is 1. The molecular weight excluding hydrogens is 290 g/mol. The van der Waals surface area contributed by atoms with Crippen molar-refractivity contribution in [3.63, 3.8) is 0 Å². The summed E-state index contributed by atoms with van der Waals surface area (Å²) in [7, 11) is 1.61. The fraction of sp³-hybridized carbons (Fsp3) is 0.316. The number of amides is 1. The number of benzene rings is 2. The van der Waals surface area contributed by atoms with Crippen LogP contribution < -0.4 is 14.8 Å². The van der Waals surface area contributed by atoms with Crippen LogP contribution in [0.5, 0.6) is 11.5 Å². The lowest BCUT2D eigenvalue weighted by Crippen LogP contribution is -2.20. The van der Waals surface area contributed by atoms with Crippen molar-refractivity contribution in [3.8, 4) is 11.5 Å². The van der Waals surface area contributed by atoms with E-state index in [9.17, 15) is 4.79 Å². The molecule has 2 aromatic carbocycles. The number of nitrogens with one attached hydrogen (secondary N) is 1. The summed E-state index contributed by atoms with van der Waals surface area (Å²) in [5.74, 6) is 1.74.